The van der Waals surface area contributed by atoms with Gasteiger partial charge in [0.25, 0.3) is 5.91 Å². The van der Waals surface area contributed by atoms with Crippen LogP contribution in [0.3, 0.4) is 0 Å². The van der Waals surface area contributed by atoms with E-state index >= 15 is 0 Å². The van der Waals surface area contributed by atoms with Crippen LogP contribution < -0.4 is 15.8 Å². The van der Waals surface area contributed by atoms with E-state index in [1.165, 1.54) is 0 Å². The number of nitrogens with one attached hydrogen (secondary N) is 1. The number of hydrogen-bond donors (Lipinski definition) is 2. The number of ether oxygens (including phenoxy) is 1. The van der Waals surface area contributed by atoms with Crippen LogP contribution in [0.1, 0.15) is 23.2 Å². The van der Waals surface area contributed by atoms with Gasteiger partial charge in [-0.3, -0.25) is 9.59 Å². The second-order valence-corrected chi connectivity index (χ2v) is 5.13. The number of carbonyl (C=O) groups is 2. The van der Waals surface area contributed by atoms with Crippen LogP contribution in [0.15, 0.2) is 24.3 Å². The second kappa shape index (κ2) is 7.08. The third-order valence-electron chi connectivity index (χ3n) is 3.62. The molecule has 1 unspecified atom stereocenters. The Labute approximate surface area is 124 Å². The molecule has 2 amide bonds. The molecule has 1 saturated heterocycles. The maximum atomic E-state index is 12.7. The summed E-state index contributed by atoms with van der Waals surface area (Å²) >= 11 is 0. The zero-order chi connectivity index (χ0) is 15.2. The van der Waals surface area contributed by atoms with Crippen molar-refractivity contribution in [1.82, 2.24) is 10.2 Å². The van der Waals surface area contributed by atoms with Gasteiger partial charge < -0.3 is 20.7 Å². The zero-order valence-electron chi connectivity index (χ0n) is 12.2. The van der Waals surface area contributed by atoms with E-state index in [4.69, 9.17) is 10.5 Å². The molecule has 0 radical (unpaired) electrons. The molecule has 21 heavy (non-hydrogen) atoms. The Hall–Kier alpha value is -2.08. The first kappa shape index (κ1) is 15.3. The molecule has 0 saturated carbocycles. The SMILES string of the molecule is COc1cccc(C(=O)N(CC(N)=O)C2CCCNC2)c1. The predicted octanol–water partition coefficient (Wildman–Crippen LogP) is 0.375. The number of nitrogens with two attached hydrogens (primary N) is 1. The van der Waals surface area contributed by atoms with E-state index in [1.807, 2.05) is 0 Å². The molecule has 1 aromatic rings. The van der Waals surface area contributed by atoms with Gasteiger partial charge in [-0.1, -0.05) is 6.07 Å². The number of piperidine rings is 1. The Morgan fingerprint density at radius 2 is 2.29 bits per heavy atom. The lowest BCUT2D eigenvalue weighted by molar-refractivity contribution is -0.119. The van der Waals surface area contributed by atoms with Gasteiger partial charge in [-0.05, 0) is 37.6 Å². The van der Waals surface area contributed by atoms with Crippen LogP contribution in [0.2, 0.25) is 0 Å². The molecule has 0 aliphatic carbocycles. The summed E-state index contributed by atoms with van der Waals surface area (Å²) in [5, 5.41) is 3.25. The van der Waals surface area contributed by atoms with Gasteiger partial charge in [-0.15, -0.1) is 0 Å². The number of carbonyl (C=O) groups excluding carboxylic acids is 2. The van der Waals surface area contributed by atoms with E-state index in [0.29, 0.717) is 17.9 Å². The summed E-state index contributed by atoms with van der Waals surface area (Å²) in [6.45, 7) is 1.56. The minimum atomic E-state index is -0.503. The highest BCUT2D eigenvalue weighted by Crippen LogP contribution is 2.18. The first-order valence-corrected chi connectivity index (χ1v) is 7.06. The summed E-state index contributed by atoms with van der Waals surface area (Å²) < 4.78 is 5.14. The van der Waals surface area contributed by atoms with Crippen LogP contribution in [-0.2, 0) is 4.79 Å². The van der Waals surface area contributed by atoms with E-state index in [9.17, 15) is 9.59 Å². The maximum Gasteiger partial charge on any atom is 0.254 e. The molecule has 0 aromatic heterocycles. The average Bonchev–Trinajstić information content (AvgIpc) is 2.52. The lowest BCUT2D eigenvalue weighted by Gasteiger charge is -2.34. The maximum absolute atomic E-state index is 12.7. The van der Waals surface area contributed by atoms with Gasteiger partial charge in [0, 0.05) is 18.2 Å². The molecular weight excluding hydrogens is 270 g/mol. The van der Waals surface area contributed by atoms with Crippen molar-refractivity contribution < 1.29 is 14.3 Å². The third kappa shape index (κ3) is 3.95. The summed E-state index contributed by atoms with van der Waals surface area (Å²) in [5.74, 6) is -0.0835. The van der Waals surface area contributed by atoms with Gasteiger partial charge in [-0.25, -0.2) is 0 Å². The largest absolute Gasteiger partial charge is 0.497 e. The van der Waals surface area contributed by atoms with Crippen LogP contribution in [0, 0.1) is 0 Å². The molecule has 0 spiro atoms. The van der Waals surface area contributed by atoms with Crippen LogP contribution >= 0.6 is 0 Å². The Kier molecular flexibility index (Phi) is 5.16. The molecule has 6 heteroatoms. The van der Waals surface area contributed by atoms with Gasteiger partial charge in [0.1, 0.15) is 5.75 Å². The van der Waals surface area contributed by atoms with Crippen LogP contribution in [0.5, 0.6) is 5.75 Å². The third-order valence-corrected chi connectivity index (χ3v) is 3.62. The Morgan fingerprint density at radius 3 is 2.90 bits per heavy atom. The van der Waals surface area contributed by atoms with Crippen LogP contribution in [-0.4, -0.2) is 49.5 Å². The van der Waals surface area contributed by atoms with Crippen molar-refractivity contribution in [3.8, 4) is 5.75 Å². The number of primary amides is 1. The minimum absolute atomic E-state index is 0.00930. The lowest BCUT2D eigenvalue weighted by atomic mass is 10.0. The Balaban J connectivity index is 2.21. The van der Waals surface area contributed by atoms with Crippen LogP contribution in [0.25, 0.3) is 0 Å². The standard InChI is InChI=1S/C15H21N3O3/c1-21-13-6-2-4-11(8-13)15(20)18(10-14(16)19)12-5-3-7-17-9-12/h2,4,6,8,12,17H,3,5,7,9-10H2,1H3,(H2,16,19). The number of rotatable bonds is 5. The van der Waals surface area contributed by atoms with Crippen molar-refractivity contribution in [3.05, 3.63) is 29.8 Å². The number of amides is 2. The Bertz CT molecular complexity index is 513. The van der Waals surface area contributed by atoms with Crippen LogP contribution in [0.4, 0.5) is 0 Å². The smallest absolute Gasteiger partial charge is 0.254 e. The van der Waals surface area contributed by atoms with Crippen molar-refractivity contribution >= 4 is 11.8 Å². The van der Waals surface area contributed by atoms with Crippen molar-refractivity contribution in [2.75, 3.05) is 26.7 Å². The second-order valence-electron chi connectivity index (χ2n) is 5.13. The highest BCUT2D eigenvalue weighted by molar-refractivity contribution is 5.96. The molecule has 1 aliphatic rings. The van der Waals surface area contributed by atoms with E-state index in [1.54, 1.807) is 36.3 Å². The fourth-order valence-electron chi connectivity index (χ4n) is 2.56. The first-order chi connectivity index (χ1) is 10.1. The van der Waals surface area contributed by atoms with E-state index in [0.717, 1.165) is 19.4 Å². The molecule has 6 nitrogen and oxygen atoms in total. The summed E-state index contributed by atoms with van der Waals surface area (Å²) in [7, 11) is 1.55. The molecule has 1 atom stereocenters. The predicted molar refractivity (Wildman–Crippen MR) is 79.1 cm³/mol. The van der Waals surface area contributed by atoms with Gasteiger partial charge in [0.15, 0.2) is 0 Å². The molecule has 1 fully saturated rings. The topological polar surface area (TPSA) is 84.7 Å². The molecule has 1 heterocycles. The fourth-order valence-corrected chi connectivity index (χ4v) is 2.56. The number of benzene rings is 1. The van der Waals surface area contributed by atoms with Gasteiger partial charge >= 0.3 is 0 Å². The molecule has 1 aromatic carbocycles. The van der Waals surface area contributed by atoms with Gasteiger partial charge in [0.2, 0.25) is 5.91 Å². The monoisotopic (exact) mass is 291 g/mol. The van der Waals surface area contributed by atoms with Crippen molar-refractivity contribution in [3.63, 3.8) is 0 Å². The number of methoxy groups -OCH3 is 1. The molecule has 1 aliphatic heterocycles. The van der Waals surface area contributed by atoms with Crippen molar-refractivity contribution in [2.45, 2.75) is 18.9 Å². The average molecular weight is 291 g/mol. The fraction of sp³-hybridized carbons (Fsp3) is 0.467. The van der Waals surface area contributed by atoms with Crippen molar-refractivity contribution in [1.29, 1.82) is 0 Å². The lowest BCUT2D eigenvalue weighted by Crippen LogP contribution is -2.51. The molecule has 3 N–H and O–H groups in total. The first-order valence-electron chi connectivity index (χ1n) is 7.06. The van der Waals surface area contributed by atoms with E-state index < -0.39 is 5.91 Å². The number of hydrogen-bond acceptors (Lipinski definition) is 4. The zero-order valence-corrected chi connectivity index (χ0v) is 12.2. The molecule has 114 valence electrons. The van der Waals surface area contributed by atoms with Gasteiger partial charge in [-0.2, -0.15) is 0 Å². The molecule has 0 bridgehead atoms. The van der Waals surface area contributed by atoms with E-state index in [-0.39, 0.29) is 18.5 Å². The molecular formula is C15H21N3O3. The normalized spacial score (nSPS) is 18.0. The number of nitrogens with zero attached hydrogens (tertiary/aromatic N) is 1. The molecule has 2 rings (SSSR count). The highest BCUT2D eigenvalue weighted by Gasteiger charge is 2.27. The van der Waals surface area contributed by atoms with Gasteiger partial charge in [0.05, 0.1) is 13.7 Å². The summed E-state index contributed by atoms with van der Waals surface area (Å²) in [6.07, 6.45) is 1.85. The van der Waals surface area contributed by atoms with E-state index in [2.05, 4.69) is 5.32 Å². The quantitative estimate of drug-likeness (QED) is 0.821. The highest BCUT2D eigenvalue weighted by atomic mass is 16.5. The minimum Gasteiger partial charge on any atom is -0.497 e. The summed E-state index contributed by atoms with van der Waals surface area (Å²) in [4.78, 5) is 25.5. The summed E-state index contributed by atoms with van der Waals surface area (Å²) in [6, 6.07) is 6.91. The Morgan fingerprint density at radius 1 is 1.48 bits per heavy atom. The summed E-state index contributed by atoms with van der Waals surface area (Å²) in [5.41, 5.74) is 5.80. The van der Waals surface area contributed by atoms with Crippen molar-refractivity contribution in [2.24, 2.45) is 5.73 Å².